The Labute approximate surface area is 210 Å². The van der Waals surface area contributed by atoms with Crippen molar-refractivity contribution in [3.63, 3.8) is 0 Å². The Morgan fingerprint density at radius 3 is 2.50 bits per heavy atom. The SMILES string of the molecule is CC(OOC(=O)Cc1ccc([N+](=O)[O-])cc1)C1C(=O)N(C2CCCCO2)C1CCOC1CCCCO1. The molecule has 5 atom stereocenters. The monoisotopic (exact) mass is 506 g/mol. The lowest BCUT2D eigenvalue weighted by molar-refractivity contribution is -0.384. The van der Waals surface area contributed by atoms with Gasteiger partial charge in [0.15, 0.2) is 6.29 Å². The van der Waals surface area contributed by atoms with Gasteiger partial charge in [0.1, 0.15) is 12.3 Å². The van der Waals surface area contributed by atoms with E-state index in [0.29, 0.717) is 31.8 Å². The van der Waals surface area contributed by atoms with E-state index in [1.54, 1.807) is 11.8 Å². The zero-order valence-corrected chi connectivity index (χ0v) is 20.5. The lowest BCUT2D eigenvalue weighted by Gasteiger charge is -2.52. The van der Waals surface area contributed by atoms with Gasteiger partial charge in [-0.05, 0) is 57.4 Å². The Balaban J connectivity index is 1.30. The average molecular weight is 507 g/mol. The molecule has 0 aliphatic carbocycles. The van der Waals surface area contributed by atoms with Crippen molar-refractivity contribution in [1.82, 2.24) is 4.90 Å². The highest BCUT2D eigenvalue weighted by atomic mass is 17.2. The summed E-state index contributed by atoms with van der Waals surface area (Å²) < 4.78 is 17.4. The van der Waals surface area contributed by atoms with Crippen molar-refractivity contribution in [3.8, 4) is 0 Å². The predicted molar refractivity (Wildman–Crippen MR) is 125 cm³/mol. The van der Waals surface area contributed by atoms with Crippen LogP contribution >= 0.6 is 0 Å². The summed E-state index contributed by atoms with van der Waals surface area (Å²) >= 11 is 0. The fourth-order valence-electron chi connectivity index (χ4n) is 5.01. The van der Waals surface area contributed by atoms with Crippen molar-refractivity contribution < 1.29 is 38.5 Å². The standard InChI is InChI=1S/C25H34N2O9/c1-17(35-36-22(28)16-18-8-10-19(11-9-18)27(30)31)24-20(12-15-34-23-7-3-5-14-33-23)26(25(24)29)21-6-2-4-13-32-21/h8-11,17,20-21,23-24H,2-7,12-16H2,1H3. The normalized spacial score (nSPS) is 27.2. The van der Waals surface area contributed by atoms with Gasteiger partial charge < -0.3 is 19.1 Å². The molecule has 1 aromatic carbocycles. The first-order valence-corrected chi connectivity index (χ1v) is 12.7. The fourth-order valence-corrected chi connectivity index (χ4v) is 5.01. The molecule has 3 aliphatic rings. The average Bonchev–Trinajstić information content (AvgIpc) is 2.88. The summed E-state index contributed by atoms with van der Waals surface area (Å²) in [5.74, 6) is -1.22. The van der Waals surface area contributed by atoms with Crippen LogP contribution in [-0.2, 0) is 40.0 Å². The van der Waals surface area contributed by atoms with E-state index >= 15 is 0 Å². The van der Waals surface area contributed by atoms with Gasteiger partial charge in [-0.2, -0.15) is 4.89 Å². The molecule has 0 spiro atoms. The number of nitro groups is 1. The molecule has 3 fully saturated rings. The second-order valence-electron chi connectivity index (χ2n) is 9.47. The molecule has 1 aromatic rings. The van der Waals surface area contributed by atoms with Crippen LogP contribution in [-0.4, -0.2) is 66.2 Å². The van der Waals surface area contributed by atoms with E-state index in [0.717, 1.165) is 38.5 Å². The van der Waals surface area contributed by atoms with Crippen LogP contribution < -0.4 is 0 Å². The van der Waals surface area contributed by atoms with Crippen LogP contribution in [0.1, 0.15) is 57.4 Å². The van der Waals surface area contributed by atoms with Gasteiger partial charge in [0.05, 0.1) is 29.9 Å². The molecule has 0 aromatic heterocycles. The Kier molecular flexibility index (Phi) is 9.24. The van der Waals surface area contributed by atoms with Crippen LogP contribution in [0.2, 0.25) is 0 Å². The molecule has 3 saturated heterocycles. The van der Waals surface area contributed by atoms with E-state index in [-0.39, 0.29) is 36.6 Å². The molecular formula is C25H34N2O9. The molecule has 3 heterocycles. The summed E-state index contributed by atoms with van der Waals surface area (Å²) in [6.45, 7) is 3.48. The lowest BCUT2D eigenvalue weighted by atomic mass is 9.80. The number of β-lactam (4-membered cyclic amide) rings is 1. The summed E-state index contributed by atoms with van der Waals surface area (Å²) in [5.41, 5.74) is 0.499. The van der Waals surface area contributed by atoms with Crippen LogP contribution in [0, 0.1) is 16.0 Å². The summed E-state index contributed by atoms with van der Waals surface area (Å²) in [6, 6.07) is 5.48. The fraction of sp³-hybridized carbons (Fsp3) is 0.680. The molecule has 0 saturated carbocycles. The number of ether oxygens (including phenoxy) is 3. The third kappa shape index (κ3) is 6.58. The number of benzene rings is 1. The van der Waals surface area contributed by atoms with Gasteiger partial charge in [0.25, 0.3) is 5.69 Å². The van der Waals surface area contributed by atoms with Crippen molar-refractivity contribution in [1.29, 1.82) is 0 Å². The van der Waals surface area contributed by atoms with E-state index < -0.39 is 22.9 Å². The minimum Gasteiger partial charge on any atom is -0.358 e. The third-order valence-electron chi connectivity index (χ3n) is 6.93. The first-order chi connectivity index (χ1) is 17.4. The highest BCUT2D eigenvalue weighted by molar-refractivity contribution is 5.87. The first kappa shape index (κ1) is 26.5. The third-order valence-corrected chi connectivity index (χ3v) is 6.93. The number of rotatable bonds is 11. The van der Waals surface area contributed by atoms with E-state index in [1.807, 2.05) is 0 Å². The Morgan fingerprint density at radius 2 is 1.86 bits per heavy atom. The maximum absolute atomic E-state index is 13.1. The zero-order valence-electron chi connectivity index (χ0n) is 20.5. The molecule has 11 nitrogen and oxygen atoms in total. The number of non-ortho nitro benzene ring substituents is 1. The molecule has 0 radical (unpaired) electrons. The van der Waals surface area contributed by atoms with Crippen molar-refractivity contribution in [2.75, 3.05) is 19.8 Å². The number of nitro benzene ring substituents is 1. The predicted octanol–water partition coefficient (Wildman–Crippen LogP) is 3.29. The number of carbonyl (C=O) groups is 2. The maximum atomic E-state index is 13.1. The van der Waals surface area contributed by atoms with Crippen LogP contribution in [0.15, 0.2) is 24.3 Å². The molecule has 1 amide bonds. The van der Waals surface area contributed by atoms with Crippen LogP contribution in [0.5, 0.6) is 0 Å². The topological polar surface area (TPSA) is 127 Å². The Hall–Kier alpha value is -2.60. The van der Waals surface area contributed by atoms with Gasteiger partial charge in [-0.1, -0.05) is 12.1 Å². The molecular weight excluding hydrogens is 472 g/mol. The highest BCUT2D eigenvalue weighted by Gasteiger charge is 2.53. The quantitative estimate of drug-likeness (QED) is 0.192. The number of amides is 1. The zero-order chi connectivity index (χ0) is 25.5. The molecule has 0 bridgehead atoms. The second kappa shape index (κ2) is 12.6. The summed E-state index contributed by atoms with van der Waals surface area (Å²) in [4.78, 5) is 47.8. The molecule has 36 heavy (non-hydrogen) atoms. The van der Waals surface area contributed by atoms with Crippen molar-refractivity contribution in [2.45, 2.75) is 83.0 Å². The number of hydrogen-bond acceptors (Lipinski definition) is 9. The number of likely N-dealkylation sites (tertiary alicyclic amines) is 1. The summed E-state index contributed by atoms with van der Waals surface area (Å²) in [6.07, 6.45) is 5.14. The maximum Gasteiger partial charge on any atom is 0.346 e. The largest absolute Gasteiger partial charge is 0.358 e. The summed E-state index contributed by atoms with van der Waals surface area (Å²) in [5, 5.41) is 10.8. The summed E-state index contributed by atoms with van der Waals surface area (Å²) in [7, 11) is 0. The number of carbonyl (C=O) groups excluding carboxylic acids is 2. The molecule has 3 aliphatic heterocycles. The van der Waals surface area contributed by atoms with Crippen molar-refractivity contribution in [2.24, 2.45) is 5.92 Å². The first-order valence-electron chi connectivity index (χ1n) is 12.7. The van der Waals surface area contributed by atoms with Gasteiger partial charge in [0, 0.05) is 25.3 Å². The van der Waals surface area contributed by atoms with E-state index in [9.17, 15) is 19.7 Å². The highest BCUT2D eigenvalue weighted by Crippen LogP contribution is 2.37. The molecule has 198 valence electrons. The van der Waals surface area contributed by atoms with Gasteiger partial charge in [-0.25, -0.2) is 4.79 Å². The second-order valence-corrected chi connectivity index (χ2v) is 9.47. The van der Waals surface area contributed by atoms with Crippen LogP contribution in [0.25, 0.3) is 0 Å². The van der Waals surface area contributed by atoms with Gasteiger partial charge in [-0.15, -0.1) is 0 Å². The molecule has 0 N–H and O–H groups in total. The Bertz CT molecular complexity index is 897. The Morgan fingerprint density at radius 1 is 1.14 bits per heavy atom. The molecule has 11 heteroatoms. The molecule has 4 rings (SSSR count). The van der Waals surface area contributed by atoms with Gasteiger partial charge in [-0.3, -0.25) is 19.8 Å². The van der Waals surface area contributed by atoms with E-state index in [2.05, 4.69) is 0 Å². The molecule has 5 unspecified atom stereocenters. The van der Waals surface area contributed by atoms with Crippen LogP contribution in [0.4, 0.5) is 5.69 Å². The minimum absolute atomic E-state index is 0.0583. The van der Waals surface area contributed by atoms with Gasteiger partial charge >= 0.3 is 5.97 Å². The van der Waals surface area contributed by atoms with Crippen LogP contribution in [0.3, 0.4) is 0 Å². The number of nitrogens with zero attached hydrogens (tertiary/aromatic N) is 2. The smallest absolute Gasteiger partial charge is 0.346 e. The van der Waals surface area contributed by atoms with Crippen molar-refractivity contribution >= 4 is 17.6 Å². The van der Waals surface area contributed by atoms with E-state index in [4.69, 9.17) is 24.0 Å². The van der Waals surface area contributed by atoms with Gasteiger partial charge in [0.2, 0.25) is 5.91 Å². The van der Waals surface area contributed by atoms with Crippen molar-refractivity contribution in [3.05, 3.63) is 39.9 Å². The minimum atomic E-state index is -0.658. The number of hydrogen-bond donors (Lipinski definition) is 0. The van der Waals surface area contributed by atoms with E-state index in [1.165, 1.54) is 24.3 Å². The lowest BCUT2D eigenvalue weighted by Crippen LogP contribution is -2.68.